The Bertz CT molecular complexity index is 976. The number of nitrogens with one attached hydrogen (secondary N) is 1. The molecule has 1 aliphatic heterocycles. The van der Waals surface area contributed by atoms with Crippen molar-refractivity contribution in [1.29, 1.82) is 0 Å². The first-order valence-corrected chi connectivity index (χ1v) is 10.4. The second kappa shape index (κ2) is 9.50. The van der Waals surface area contributed by atoms with Crippen LogP contribution in [-0.4, -0.2) is 41.7 Å². The van der Waals surface area contributed by atoms with E-state index in [-0.39, 0.29) is 36.8 Å². The molecule has 0 bridgehead atoms. The largest absolute Gasteiger partial charge is 0.416 e. The van der Waals surface area contributed by atoms with Gasteiger partial charge in [-0.1, -0.05) is 32.9 Å². The van der Waals surface area contributed by atoms with Crippen molar-refractivity contribution >= 4 is 17.5 Å². The Kier molecular flexibility index (Phi) is 7.11. The van der Waals surface area contributed by atoms with Gasteiger partial charge in [0.2, 0.25) is 11.7 Å². The van der Waals surface area contributed by atoms with E-state index in [1.54, 1.807) is 4.90 Å². The monoisotopic (exact) mass is 469 g/mol. The van der Waals surface area contributed by atoms with Crippen LogP contribution in [-0.2, 0) is 15.7 Å². The Morgan fingerprint density at radius 1 is 1.24 bits per heavy atom. The zero-order valence-electron chi connectivity index (χ0n) is 18.6. The number of alkyl halides is 3. The van der Waals surface area contributed by atoms with E-state index in [4.69, 9.17) is 10.5 Å². The zero-order valence-corrected chi connectivity index (χ0v) is 18.6. The van der Waals surface area contributed by atoms with E-state index in [0.717, 1.165) is 18.5 Å². The third-order valence-electron chi connectivity index (χ3n) is 5.27. The van der Waals surface area contributed by atoms with Gasteiger partial charge >= 0.3 is 6.18 Å². The number of benzene rings is 1. The van der Waals surface area contributed by atoms with Gasteiger partial charge in [-0.05, 0) is 29.5 Å². The average Bonchev–Trinajstić information content (AvgIpc) is 2.73. The summed E-state index contributed by atoms with van der Waals surface area (Å²) < 4.78 is 59.7. The topological polar surface area (TPSA) is 93.4 Å². The molecule has 33 heavy (non-hydrogen) atoms. The highest BCUT2D eigenvalue weighted by molar-refractivity contribution is 5.82. The fourth-order valence-electron chi connectivity index (χ4n) is 3.69. The lowest BCUT2D eigenvalue weighted by Gasteiger charge is -2.37. The third-order valence-corrected chi connectivity index (χ3v) is 5.27. The number of amides is 1. The standard InChI is InChI=1S/C22H27F4N5O2/c1-21(2,3)10-15(18(27)32)30-19-17(23)20(29-12-28-19)31-8-9-33-11-16(31)13-4-6-14(7-5-13)22(24,25)26/h4-7,12,15-16H,8-11H2,1-3H3,(H2,27,32)(H,28,29,30). The number of aromatic nitrogens is 2. The van der Waals surface area contributed by atoms with Gasteiger partial charge in [-0.25, -0.2) is 9.97 Å². The molecule has 2 unspecified atom stereocenters. The molecule has 7 nitrogen and oxygen atoms in total. The lowest BCUT2D eigenvalue weighted by molar-refractivity contribution is -0.137. The minimum Gasteiger partial charge on any atom is -0.377 e. The first-order chi connectivity index (χ1) is 15.4. The van der Waals surface area contributed by atoms with E-state index >= 15 is 4.39 Å². The molecule has 0 saturated carbocycles. The van der Waals surface area contributed by atoms with Crippen LogP contribution >= 0.6 is 0 Å². The summed E-state index contributed by atoms with van der Waals surface area (Å²) in [6.07, 6.45) is -2.94. The van der Waals surface area contributed by atoms with Crippen LogP contribution in [0.2, 0.25) is 0 Å². The SMILES string of the molecule is CC(C)(C)CC(Nc1ncnc(N2CCOCC2c2ccc(C(F)(F)F)cc2)c1F)C(N)=O. The molecule has 1 amide bonds. The summed E-state index contributed by atoms with van der Waals surface area (Å²) in [6, 6.07) is 3.25. The van der Waals surface area contributed by atoms with E-state index in [2.05, 4.69) is 15.3 Å². The number of halogens is 4. The molecule has 1 fully saturated rings. The van der Waals surface area contributed by atoms with Gasteiger partial charge in [0.15, 0.2) is 11.6 Å². The summed E-state index contributed by atoms with van der Waals surface area (Å²) >= 11 is 0. The fourth-order valence-corrected chi connectivity index (χ4v) is 3.69. The van der Waals surface area contributed by atoms with Crippen molar-refractivity contribution in [3.63, 3.8) is 0 Å². The Morgan fingerprint density at radius 3 is 2.48 bits per heavy atom. The number of hydrogen-bond acceptors (Lipinski definition) is 6. The second-order valence-corrected chi connectivity index (χ2v) is 9.13. The van der Waals surface area contributed by atoms with Crippen molar-refractivity contribution in [2.24, 2.45) is 11.1 Å². The number of rotatable bonds is 6. The molecule has 2 heterocycles. The summed E-state index contributed by atoms with van der Waals surface area (Å²) in [7, 11) is 0. The van der Waals surface area contributed by atoms with Gasteiger partial charge in [0.25, 0.3) is 0 Å². The van der Waals surface area contributed by atoms with Gasteiger partial charge in [-0.3, -0.25) is 4.79 Å². The van der Waals surface area contributed by atoms with Gasteiger partial charge in [0.05, 0.1) is 24.8 Å². The fraction of sp³-hybridized carbons (Fsp3) is 0.500. The van der Waals surface area contributed by atoms with Crippen LogP contribution in [0.15, 0.2) is 30.6 Å². The number of carbonyl (C=O) groups excluding carboxylic acids is 1. The molecule has 0 radical (unpaired) electrons. The number of nitrogens with two attached hydrogens (primary N) is 1. The molecular weight excluding hydrogens is 442 g/mol. The second-order valence-electron chi connectivity index (χ2n) is 9.13. The molecule has 1 aromatic heterocycles. The number of anilines is 2. The zero-order chi connectivity index (χ0) is 24.4. The van der Waals surface area contributed by atoms with Crippen LogP contribution in [0.25, 0.3) is 0 Å². The number of morpholine rings is 1. The van der Waals surface area contributed by atoms with Crippen molar-refractivity contribution in [3.8, 4) is 0 Å². The molecule has 11 heteroatoms. The van der Waals surface area contributed by atoms with Gasteiger partial charge in [-0.15, -0.1) is 0 Å². The highest BCUT2D eigenvalue weighted by Crippen LogP contribution is 2.35. The lowest BCUT2D eigenvalue weighted by Crippen LogP contribution is -2.41. The van der Waals surface area contributed by atoms with Crippen molar-refractivity contribution in [3.05, 3.63) is 47.5 Å². The minimum absolute atomic E-state index is 0.0420. The number of ether oxygens (including phenoxy) is 1. The van der Waals surface area contributed by atoms with Gasteiger partial charge in [0.1, 0.15) is 12.4 Å². The highest BCUT2D eigenvalue weighted by atomic mass is 19.4. The van der Waals surface area contributed by atoms with E-state index in [9.17, 15) is 18.0 Å². The molecule has 0 spiro atoms. The normalized spacial score (nSPS) is 18.2. The number of nitrogens with zero attached hydrogens (tertiary/aromatic N) is 3. The summed E-state index contributed by atoms with van der Waals surface area (Å²) in [5.74, 6) is -1.64. The summed E-state index contributed by atoms with van der Waals surface area (Å²) in [5.41, 5.74) is 4.99. The number of carbonyl (C=O) groups is 1. The molecule has 1 aliphatic rings. The minimum atomic E-state index is -4.45. The summed E-state index contributed by atoms with van der Waals surface area (Å²) in [6.45, 7) is 6.47. The lowest BCUT2D eigenvalue weighted by atomic mass is 9.88. The highest BCUT2D eigenvalue weighted by Gasteiger charge is 2.33. The molecule has 2 atom stereocenters. The Labute approximate surface area is 189 Å². The quantitative estimate of drug-likeness (QED) is 0.623. The van der Waals surface area contributed by atoms with Crippen LogP contribution in [0.5, 0.6) is 0 Å². The molecule has 180 valence electrons. The van der Waals surface area contributed by atoms with Gasteiger partial charge in [-0.2, -0.15) is 17.6 Å². The summed E-state index contributed by atoms with van der Waals surface area (Å²) in [4.78, 5) is 21.5. The predicted molar refractivity (Wildman–Crippen MR) is 115 cm³/mol. The van der Waals surface area contributed by atoms with Crippen molar-refractivity contribution in [1.82, 2.24) is 9.97 Å². The van der Waals surface area contributed by atoms with Crippen LogP contribution in [0.3, 0.4) is 0 Å². The number of primary amides is 1. The third kappa shape index (κ3) is 6.10. The first kappa shape index (κ1) is 24.7. The van der Waals surface area contributed by atoms with E-state index in [1.165, 1.54) is 12.1 Å². The van der Waals surface area contributed by atoms with Crippen LogP contribution in [0.1, 0.15) is 44.4 Å². The molecule has 0 aliphatic carbocycles. The maximum Gasteiger partial charge on any atom is 0.416 e. The molecule has 1 saturated heterocycles. The van der Waals surface area contributed by atoms with Crippen LogP contribution in [0, 0.1) is 11.2 Å². The summed E-state index contributed by atoms with van der Waals surface area (Å²) in [5, 5.41) is 2.78. The predicted octanol–water partition coefficient (Wildman–Crippen LogP) is 3.91. The smallest absolute Gasteiger partial charge is 0.377 e. The molecule has 3 N–H and O–H groups in total. The number of hydrogen-bond donors (Lipinski definition) is 2. The van der Waals surface area contributed by atoms with Gasteiger partial charge in [0, 0.05) is 6.54 Å². The van der Waals surface area contributed by atoms with E-state index in [1.807, 2.05) is 20.8 Å². The Hall–Kier alpha value is -2.95. The molecular formula is C22H27F4N5O2. The maximum atomic E-state index is 15.5. The van der Waals surface area contributed by atoms with E-state index in [0.29, 0.717) is 12.0 Å². The van der Waals surface area contributed by atoms with Crippen LogP contribution in [0.4, 0.5) is 29.2 Å². The Morgan fingerprint density at radius 2 is 1.91 bits per heavy atom. The van der Waals surface area contributed by atoms with E-state index < -0.39 is 35.5 Å². The van der Waals surface area contributed by atoms with Gasteiger partial charge < -0.3 is 20.7 Å². The van der Waals surface area contributed by atoms with Crippen molar-refractivity contribution in [2.45, 2.75) is 45.5 Å². The first-order valence-electron chi connectivity index (χ1n) is 10.4. The van der Waals surface area contributed by atoms with Crippen molar-refractivity contribution < 1.29 is 27.1 Å². The molecule has 2 aromatic rings. The van der Waals surface area contributed by atoms with Crippen LogP contribution < -0.4 is 16.0 Å². The maximum absolute atomic E-state index is 15.5. The Balaban J connectivity index is 1.90. The average molecular weight is 469 g/mol. The van der Waals surface area contributed by atoms with Crippen molar-refractivity contribution in [2.75, 3.05) is 30.0 Å². The molecule has 1 aromatic carbocycles. The molecule has 3 rings (SSSR count).